The lowest BCUT2D eigenvalue weighted by atomic mass is 10.1. The first-order chi connectivity index (χ1) is 13.2. The van der Waals surface area contributed by atoms with Crippen LogP contribution in [0.2, 0.25) is 0 Å². The molecule has 3 heterocycles. The molecule has 1 N–H and O–H groups in total. The van der Waals surface area contributed by atoms with E-state index in [9.17, 15) is 4.79 Å². The largest absolute Gasteiger partial charge is 0.376 e. The number of likely N-dealkylation sites (tertiary alicyclic amines) is 1. The van der Waals surface area contributed by atoms with Crippen molar-refractivity contribution in [1.29, 1.82) is 0 Å². The van der Waals surface area contributed by atoms with Gasteiger partial charge in [-0.25, -0.2) is 9.48 Å². The Hall–Kier alpha value is -2.41. The molecule has 4 rings (SSSR count). The second kappa shape index (κ2) is 8.08. The van der Waals surface area contributed by atoms with Crippen LogP contribution in [0, 0.1) is 6.92 Å². The van der Waals surface area contributed by atoms with Crippen molar-refractivity contribution in [2.45, 2.75) is 51.7 Å². The van der Waals surface area contributed by atoms with Crippen molar-refractivity contribution in [3.05, 3.63) is 30.0 Å². The van der Waals surface area contributed by atoms with Crippen molar-refractivity contribution in [3.8, 4) is 11.3 Å². The molecule has 7 heteroatoms. The summed E-state index contributed by atoms with van der Waals surface area (Å²) in [5, 5.41) is 11.6. The summed E-state index contributed by atoms with van der Waals surface area (Å²) >= 11 is 0. The molecule has 0 saturated carbocycles. The molecular weight excluding hydrogens is 342 g/mol. The van der Waals surface area contributed by atoms with Gasteiger partial charge in [0, 0.05) is 30.9 Å². The maximum atomic E-state index is 12.3. The predicted octanol–water partition coefficient (Wildman–Crippen LogP) is 3.45. The average Bonchev–Trinajstić information content (AvgIpc) is 3.35. The van der Waals surface area contributed by atoms with E-state index in [1.165, 1.54) is 6.42 Å². The van der Waals surface area contributed by atoms with Gasteiger partial charge in [0.25, 0.3) is 0 Å². The highest BCUT2D eigenvalue weighted by molar-refractivity contribution is 5.90. The Bertz CT molecular complexity index is 791. The van der Waals surface area contributed by atoms with Gasteiger partial charge in [-0.2, -0.15) is 0 Å². The van der Waals surface area contributed by atoms with E-state index in [1.807, 2.05) is 40.9 Å². The number of amides is 2. The van der Waals surface area contributed by atoms with Gasteiger partial charge in [0.05, 0.1) is 18.8 Å². The highest BCUT2D eigenvalue weighted by Crippen LogP contribution is 2.25. The van der Waals surface area contributed by atoms with Crippen molar-refractivity contribution in [3.63, 3.8) is 0 Å². The van der Waals surface area contributed by atoms with E-state index in [-0.39, 0.29) is 12.1 Å². The summed E-state index contributed by atoms with van der Waals surface area (Å²) in [6.45, 7) is 5.31. The third-order valence-corrected chi connectivity index (χ3v) is 5.35. The number of nitrogens with one attached hydrogen (secondary N) is 1. The molecule has 1 aromatic carbocycles. The fraction of sp³-hybridized carbons (Fsp3) is 0.550. The molecule has 2 fully saturated rings. The second-order valence-electron chi connectivity index (χ2n) is 7.47. The van der Waals surface area contributed by atoms with Crippen LogP contribution in [0.4, 0.5) is 10.5 Å². The monoisotopic (exact) mass is 369 g/mol. The van der Waals surface area contributed by atoms with Crippen molar-refractivity contribution >= 4 is 11.7 Å². The first-order valence-electron chi connectivity index (χ1n) is 9.88. The van der Waals surface area contributed by atoms with E-state index in [2.05, 4.69) is 15.6 Å². The normalized spacial score (nSPS) is 20.0. The number of carbonyl (C=O) groups is 1. The maximum Gasteiger partial charge on any atom is 0.321 e. The lowest BCUT2D eigenvalue weighted by Gasteiger charge is -2.21. The van der Waals surface area contributed by atoms with Gasteiger partial charge in [0.15, 0.2) is 0 Å². The third-order valence-electron chi connectivity index (χ3n) is 5.35. The average molecular weight is 369 g/mol. The summed E-state index contributed by atoms with van der Waals surface area (Å²) < 4.78 is 7.65. The fourth-order valence-corrected chi connectivity index (χ4v) is 3.82. The fourth-order valence-electron chi connectivity index (χ4n) is 3.82. The van der Waals surface area contributed by atoms with Gasteiger partial charge >= 0.3 is 6.03 Å². The molecule has 2 aliphatic rings. The summed E-state index contributed by atoms with van der Waals surface area (Å²) in [6.07, 6.45) is 7.84. The minimum absolute atomic E-state index is 0.0157. The van der Waals surface area contributed by atoms with Crippen LogP contribution in [0.1, 0.15) is 37.7 Å². The first kappa shape index (κ1) is 18.0. The van der Waals surface area contributed by atoms with Crippen LogP contribution < -0.4 is 5.32 Å². The number of carbonyl (C=O) groups excluding carboxylic acids is 1. The molecule has 0 radical (unpaired) electrons. The van der Waals surface area contributed by atoms with Crippen LogP contribution in [0.15, 0.2) is 24.4 Å². The molecule has 1 aromatic heterocycles. The molecule has 1 atom stereocenters. The molecule has 7 nitrogen and oxygen atoms in total. The van der Waals surface area contributed by atoms with Crippen LogP contribution in [-0.2, 0) is 11.3 Å². The Morgan fingerprint density at radius 1 is 1.26 bits per heavy atom. The van der Waals surface area contributed by atoms with Gasteiger partial charge in [-0.3, -0.25) is 0 Å². The Kier molecular flexibility index (Phi) is 5.38. The molecule has 0 unspecified atom stereocenters. The van der Waals surface area contributed by atoms with Gasteiger partial charge in [0.2, 0.25) is 0 Å². The molecule has 2 aromatic rings. The van der Waals surface area contributed by atoms with E-state index in [0.717, 1.165) is 74.4 Å². The third kappa shape index (κ3) is 4.30. The molecule has 0 bridgehead atoms. The van der Waals surface area contributed by atoms with Crippen LogP contribution in [-0.4, -0.2) is 51.7 Å². The number of hydrogen-bond donors (Lipinski definition) is 1. The van der Waals surface area contributed by atoms with Crippen molar-refractivity contribution in [1.82, 2.24) is 19.9 Å². The standard InChI is InChI=1S/C20H27N5O2/c1-15-12-16(21-20(26)24-9-3-4-10-24)7-8-18(15)19-14-25(23-22-19)13-17-6-2-5-11-27-17/h7-8,12,14,17H,2-6,9-11,13H2,1H3,(H,21,26)/t17-/m1/s1. The number of anilines is 1. The van der Waals surface area contributed by atoms with E-state index < -0.39 is 0 Å². The maximum absolute atomic E-state index is 12.3. The quantitative estimate of drug-likeness (QED) is 0.896. The van der Waals surface area contributed by atoms with Gasteiger partial charge < -0.3 is 15.0 Å². The van der Waals surface area contributed by atoms with Crippen LogP contribution in [0.25, 0.3) is 11.3 Å². The van der Waals surface area contributed by atoms with E-state index in [4.69, 9.17) is 4.74 Å². The number of ether oxygens (including phenoxy) is 1. The lowest BCUT2D eigenvalue weighted by molar-refractivity contribution is 0.00370. The highest BCUT2D eigenvalue weighted by atomic mass is 16.5. The highest BCUT2D eigenvalue weighted by Gasteiger charge is 2.19. The zero-order valence-electron chi connectivity index (χ0n) is 15.9. The molecule has 27 heavy (non-hydrogen) atoms. The van der Waals surface area contributed by atoms with Crippen molar-refractivity contribution < 1.29 is 9.53 Å². The SMILES string of the molecule is Cc1cc(NC(=O)N2CCCC2)ccc1-c1cn(C[C@H]2CCCCO2)nn1. The van der Waals surface area contributed by atoms with Crippen LogP contribution >= 0.6 is 0 Å². The topological polar surface area (TPSA) is 72.3 Å². The molecule has 144 valence electrons. The number of rotatable bonds is 4. The summed E-state index contributed by atoms with van der Waals surface area (Å²) in [5.41, 5.74) is 3.76. The number of hydrogen-bond acceptors (Lipinski definition) is 4. The Balaban J connectivity index is 1.42. The number of benzene rings is 1. The number of aryl methyl sites for hydroxylation is 1. The Morgan fingerprint density at radius 3 is 2.85 bits per heavy atom. The molecule has 0 spiro atoms. The van der Waals surface area contributed by atoms with Crippen molar-refractivity contribution in [2.75, 3.05) is 25.0 Å². The van der Waals surface area contributed by atoms with E-state index >= 15 is 0 Å². The lowest BCUT2D eigenvalue weighted by Crippen LogP contribution is -2.32. The van der Waals surface area contributed by atoms with Gasteiger partial charge in [-0.15, -0.1) is 5.10 Å². The molecule has 0 aliphatic carbocycles. The Morgan fingerprint density at radius 2 is 2.11 bits per heavy atom. The van der Waals surface area contributed by atoms with Gasteiger partial charge in [-0.05, 0) is 56.7 Å². The number of nitrogens with zero attached hydrogens (tertiary/aromatic N) is 4. The van der Waals surface area contributed by atoms with Gasteiger partial charge in [-0.1, -0.05) is 11.3 Å². The molecule has 2 amide bonds. The zero-order chi connectivity index (χ0) is 18.6. The minimum Gasteiger partial charge on any atom is -0.376 e. The molecule has 2 saturated heterocycles. The summed E-state index contributed by atoms with van der Waals surface area (Å²) in [7, 11) is 0. The van der Waals surface area contributed by atoms with Crippen LogP contribution in [0.3, 0.4) is 0 Å². The second-order valence-corrected chi connectivity index (χ2v) is 7.47. The Labute approximate surface area is 159 Å². The zero-order valence-corrected chi connectivity index (χ0v) is 15.9. The van der Waals surface area contributed by atoms with Gasteiger partial charge in [0.1, 0.15) is 5.69 Å². The van der Waals surface area contributed by atoms with E-state index in [0.29, 0.717) is 0 Å². The minimum atomic E-state index is -0.0157. The number of aromatic nitrogens is 3. The smallest absolute Gasteiger partial charge is 0.321 e. The summed E-state index contributed by atoms with van der Waals surface area (Å²) in [5.74, 6) is 0. The molecular formula is C20H27N5O2. The summed E-state index contributed by atoms with van der Waals surface area (Å²) in [6, 6.07) is 5.91. The number of urea groups is 1. The van der Waals surface area contributed by atoms with Crippen molar-refractivity contribution in [2.24, 2.45) is 0 Å². The predicted molar refractivity (Wildman–Crippen MR) is 104 cm³/mol. The van der Waals surface area contributed by atoms with E-state index in [1.54, 1.807) is 0 Å². The molecule has 2 aliphatic heterocycles. The first-order valence-corrected chi connectivity index (χ1v) is 9.88. The van der Waals surface area contributed by atoms with Crippen LogP contribution in [0.5, 0.6) is 0 Å². The summed E-state index contributed by atoms with van der Waals surface area (Å²) in [4.78, 5) is 14.1.